The number of amides is 1. The Labute approximate surface area is 182 Å². The smallest absolute Gasteiger partial charge is 0.220 e. The summed E-state index contributed by atoms with van der Waals surface area (Å²) in [6, 6.07) is 6.65. The molecule has 1 fully saturated rings. The number of aryl methyl sites for hydroxylation is 2. The molecule has 1 unspecified atom stereocenters. The predicted molar refractivity (Wildman–Crippen MR) is 121 cm³/mol. The molecule has 0 radical (unpaired) electrons. The zero-order valence-electron chi connectivity index (χ0n) is 18.3. The van der Waals surface area contributed by atoms with E-state index < -0.39 is 0 Å². The van der Waals surface area contributed by atoms with Crippen LogP contribution < -0.4 is 5.32 Å². The maximum Gasteiger partial charge on any atom is 0.220 e. The van der Waals surface area contributed by atoms with Crippen LogP contribution >= 0.6 is 11.3 Å². The molecule has 6 nitrogen and oxygen atoms in total. The van der Waals surface area contributed by atoms with Crippen molar-refractivity contribution >= 4 is 22.9 Å². The Bertz CT molecular complexity index is 1020. The normalized spacial score (nSPS) is 17.3. The van der Waals surface area contributed by atoms with Gasteiger partial charge in [-0.1, -0.05) is 6.07 Å². The maximum atomic E-state index is 12.1. The molecule has 1 amide bonds. The number of fused-ring (bicyclic) bond motifs is 1. The van der Waals surface area contributed by atoms with Crippen LogP contribution in [0.1, 0.15) is 60.1 Å². The van der Waals surface area contributed by atoms with Crippen molar-refractivity contribution in [1.82, 2.24) is 24.8 Å². The van der Waals surface area contributed by atoms with E-state index in [-0.39, 0.29) is 11.9 Å². The Hall–Kier alpha value is -2.25. The molecule has 3 aromatic rings. The summed E-state index contributed by atoms with van der Waals surface area (Å²) in [4.78, 5) is 20.8. The van der Waals surface area contributed by atoms with Crippen LogP contribution in [-0.4, -0.2) is 44.5 Å². The minimum atomic E-state index is 0.0850. The molecular weight excluding hydrogens is 394 g/mol. The van der Waals surface area contributed by atoms with E-state index in [1.807, 2.05) is 36.6 Å². The molecule has 7 heteroatoms. The summed E-state index contributed by atoms with van der Waals surface area (Å²) in [5.74, 6) is 0.536. The summed E-state index contributed by atoms with van der Waals surface area (Å²) in [6.07, 6.45) is 2.30. The highest BCUT2D eigenvalue weighted by Gasteiger charge is 2.27. The minimum absolute atomic E-state index is 0.0850. The quantitative estimate of drug-likeness (QED) is 0.624. The first-order valence-electron chi connectivity index (χ1n) is 10.8. The van der Waals surface area contributed by atoms with Gasteiger partial charge in [0.25, 0.3) is 0 Å². The molecule has 3 aromatic heterocycles. The topological polar surface area (TPSA) is 62.5 Å². The summed E-state index contributed by atoms with van der Waals surface area (Å²) in [6.45, 7) is 11.3. The molecular formula is C23H31N5OS. The number of aromatic nitrogens is 3. The van der Waals surface area contributed by atoms with Crippen molar-refractivity contribution < 1.29 is 4.79 Å². The molecule has 30 heavy (non-hydrogen) atoms. The number of nitrogens with one attached hydrogen (secondary N) is 1. The van der Waals surface area contributed by atoms with Gasteiger partial charge >= 0.3 is 0 Å². The predicted octanol–water partition coefficient (Wildman–Crippen LogP) is 3.85. The van der Waals surface area contributed by atoms with Gasteiger partial charge in [0.15, 0.2) is 5.65 Å². The fourth-order valence-electron chi connectivity index (χ4n) is 4.38. The van der Waals surface area contributed by atoms with E-state index >= 15 is 0 Å². The fraction of sp³-hybridized carbons (Fsp3) is 0.522. The largest absolute Gasteiger partial charge is 0.354 e. The summed E-state index contributed by atoms with van der Waals surface area (Å²) in [5.41, 5.74) is 5.26. The summed E-state index contributed by atoms with van der Waals surface area (Å²) in [7, 11) is 0. The van der Waals surface area contributed by atoms with E-state index in [0.717, 1.165) is 54.3 Å². The van der Waals surface area contributed by atoms with Crippen LogP contribution in [0.15, 0.2) is 23.6 Å². The number of likely N-dealkylation sites (tertiary alicyclic amines) is 1. The van der Waals surface area contributed by atoms with Crippen molar-refractivity contribution in [1.29, 1.82) is 0 Å². The van der Waals surface area contributed by atoms with Gasteiger partial charge in [0.05, 0.1) is 5.69 Å². The summed E-state index contributed by atoms with van der Waals surface area (Å²) >= 11 is 1.83. The number of carbonyl (C=O) groups is 1. The third-order valence-electron chi connectivity index (χ3n) is 5.88. The van der Waals surface area contributed by atoms with Crippen molar-refractivity contribution in [2.45, 2.75) is 65.5 Å². The Kier molecular flexibility index (Phi) is 6.20. The van der Waals surface area contributed by atoms with Crippen molar-refractivity contribution in [3.05, 3.63) is 51.1 Å². The molecule has 1 N–H and O–H groups in total. The SMILES string of the molecule is Cc1nc2cc(C3CCN(Cc4cccs4)C3)nn2c(C)c1CCC(=O)NC(C)C. The second-order valence-electron chi connectivity index (χ2n) is 8.62. The van der Waals surface area contributed by atoms with Crippen molar-refractivity contribution in [2.24, 2.45) is 0 Å². The van der Waals surface area contributed by atoms with Gasteiger partial charge in [-0.2, -0.15) is 5.10 Å². The summed E-state index contributed by atoms with van der Waals surface area (Å²) in [5, 5.41) is 10.0. The van der Waals surface area contributed by atoms with Crippen LogP contribution in [0.4, 0.5) is 0 Å². The van der Waals surface area contributed by atoms with Gasteiger partial charge in [-0.05, 0) is 64.1 Å². The number of rotatable bonds is 7. The van der Waals surface area contributed by atoms with Gasteiger partial charge in [-0.15, -0.1) is 11.3 Å². The lowest BCUT2D eigenvalue weighted by molar-refractivity contribution is -0.121. The average Bonchev–Trinajstić information content (AvgIpc) is 3.42. The first-order valence-corrected chi connectivity index (χ1v) is 11.7. The second kappa shape index (κ2) is 8.86. The zero-order chi connectivity index (χ0) is 21.3. The van der Waals surface area contributed by atoms with E-state index in [4.69, 9.17) is 10.1 Å². The molecule has 1 aliphatic heterocycles. The molecule has 160 valence electrons. The van der Waals surface area contributed by atoms with Crippen LogP contribution in [0.2, 0.25) is 0 Å². The lowest BCUT2D eigenvalue weighted by Gasteiger charge is -2.14. The molecule has 0 saturated carbocycles. The van der Waals surface area contributed by atoms with Gasteiger partial charge in [0.1, 0.15) is 0 Å². The second-order valence-corrected chi connectivity index (χ2v) is 9.65. The standard InChI is InChI=1S/C23H31N5OS/c1-15(2)24-23(29)8-7-20-16(3)25-22-12-21(26-28(22)17(20)4)18-9-10-27(13-18)14-19-6-5-11-30-19/h5-6,11-12,15,18H,7-10,13-14H2,1-4H3,(H,24,29). The Morgan fingerprint density at radius 1 is 1.37 bits per heavy atom. The van der Waals surface area contributed by atoms with E-state index in [2.05, 4.69) is 40.7 Å². The molecule has 4 heterocycles. The van der Waals surface area contributed by atoms with Crippen molar-refractivity contribution in [2.75, 3.05) is 13.1 Å². The Morgan fingerprint density at radius 2 is 2.20 bits per heavy atom. The molecule has 1 atom stereocenters. The monoisotopic (exact) mass is 425 g/mol. The number of thiophene rings is 1. The van der Waals surface area contributed by atoms with E-state index in [1.165, 1.54) is 4.88 Å². The van der Waals surface area contributed by atoms with Crippen molar-refractivity contribution in [3.8, 4) is 0 Å². The van der Waals surface area contributed by atoms with Gasteiger partial charge < -0.3 is 5.32 Å². The minimum Gasteiger partial charge on any atom is -0.354 e. The van der Waals surface area contributed by atoms with Crippen LogP contribution in [0, 0.1) is 13.8 Å². The number of nitrogens with zero attached hydrogens (tertiary/aromatic N) is 4. The van der Waals surface area contributed by atoms with Crippen LogP contribution in [-0.2, 0) is 17.8 Å². The highest BCUT2D eigenvalue weighted by Crippen LogP contribution is 2.29. The zero-order valence-corrected chi connectivity index (χ0v) is 19.1. The maximum absolute atomic E-state index is 12.1. The third-order valence-corrected chi connectivity index (χ3v) is 6.75. The molecule has 1 saturated heterocycles. The first kappa shape index (κ1) is 21.0. The van der Waals surface area contributed by atoms with Crippen LogP contribution in [0.3, 0.4) is 0 Å². The average molecular weight is 426 g/mol. The Morgan fingerprint density at radius 3 is 2.93 bits per heavy atom. The molecule has 4 rings (SSSR count). The molecule has 0 aliphatic carbocycles. The van der Waals surface area contributed by atoms with E-state index in [9.17, 15) is 4.79 Å². The Balaban J connectivity index is 1.49. The van der Waals surface area contributed by atoms with Gasteiger partial charge in [0, 0.05) is 53.8 Å². The number of hydrogen-bond acceptors (Lipinski definition) is 5. The highest BCUT2D eigenvalue weighted by molar-refractivity contribution is 7.09. The van der Waals surface area contributed by atoms with Crippen molar-refractivity contribution in [3.63, 3.8) is 0 Å². The van der Waals surface area contributed by atoms with Gasteiger partial charge in [-0.3, -0.25) is 9.69 Å². The molecule has 1 aliphatic rings. The van der Waals surface area contributed by atoms with Crippen LogP contribution in [0.5, 0.6) is 0 Å². The fourth-order valence-corrected chi connectivity index (χ4v) is 5.13. The summed E-state index contributed by atoms with van der Waals surface area (Å²) < 4.78 is 1.97. The lowest BCUT2D eigenvalue weighted by Crippen LogP contribution is -2.30. The van der Waals surface area contributed by atoms with Crippen LogP contribution in [0.25, 0.3) is 5.65 Å². The molecule has 0 bridgehead atoms. The molecule has 0 spiro atoms. The number of hydrogen-bond donors (Lipinski definition) is 1. The molecule has 0 aromatic carbocycles. The number of carbonyl (C=O) groups excluding carboxylic acids is 1. The van der Waals surface area contributed by atoms with Gasteiger partial charge in [0.2, 0.25) is 5.91 Å². The third kappa shape index (κ3) is 4.57. The van der Waals surface area contributed by atoms with E-state index in [0.29, 0.717) is 18.8 Å². The van der Waals surface area contributed by atoms with E-state index in [1.54, 1.807) is 0 Å². The highest BCUT2D eigenvalue weighted by atomic mass is 32.1. The van der Waals surface area contributed by atoms with Gasteiger partial charge in [-0.25, -0.2) is 9.50 Å². The first-order chi connectivity index (χ1) is 14.4. The lowest BCUT2D eigenvalue weighted by atomic mass is 10.1.